The second-order valence-corrected chi connectivity index (χ2v) is 11.8. The van der Waals surface area contributed by atoms with Gasteiger partial charge in [-0.2, -0.15) is 0 Å². The van der Waals surface area contributed by atoms with Crippen LogP contribution in [-0.2, 0) is 32.6 Å². The summed E-state index contributed by atoms with van der Waals surface area (Å²) in [5.41, 5.74) is 2.94. The van der Waals surface area contributed by atoms with E-state index < -0.39 is 16.6 Å². The summed E-state index contributed by atoms with van der Waals surface area (Å²) in [6, 6.07) is 13.5. The van der Waals surface area contributed by atoms with E-state index in [4.69, 9.17) is 11.6 Å². The molecular weight excluding hydrogens is 519 g/mol. The van der Waals surface area contributed by atoms with Crippen LogP contribution in [0.25, 0.3) is 0 Å². The highest BCUT2D eigenvalue weighted by atomic mass is 35.5. The van der Waals surface area contributed by atoms with Gasteiger partial charge in [0.05, 0.1) is 16.5 Å². The van der Waals surface area contributed by atoms with Crippen molar-refractivity contribution in [2.45, 2.75) is 51.0 Å². The molecule has 2 atom stereocenters. The monoisotopic (exact) mass is 546 g/mol. The van der Waals surface area contributed by atoms with Crippen LogP contribution in [-0.4, -0.2) is 34.2 Å². The number of hydrogen-bond acceptors (Lipinski definition) is 4. The number of carbonyl (C=O) groups is 3. The number of benzene rings is 2. The van der Waals surface area contributed by atoms with Crippen LogP contribution in [0.5, 0.6) is 0 Å². The van der Waals surface area contributed by atoms with Crippen LogP contribution in [0.2, 0.25) is 5.02 Å². The van der Waals surface area contributed by atoms with E-state index >= 15 is 0 Å². The van der Waals surface area contributed by atoms with E-state index in [2.05, 4.69) is 15.6 Å². The summed E-state index contributed by atoms with van der Waals surface area (Å²) >= 11 is 6.03. The molecule has 0 radical (unpaired) electrons. The average molecular weight is 547 g/mol. The highest BCUT2D eigenvalue weighted by Crippen LogP contribution is 2.47. The van der Waals surface area contributed by atoms with E-state index in [-0.39, 0.29) is 35.3 Å². The van der Waals surface area contributed by atoms with Gasteiger partial charge in [0.25, 0.3) is 0 Å². The molecule has 2 aliphatic heterocycles. The topological polar surface area (TPSA) is 91.4 Å². The molecule has 3 aliphatic rings. The number of halogens is 2. The number of rotatable bonds is 4. The Morgan fingerprint density at radius 3 is 2.74 bits per heavy atom. The molecule has 2 unspecified atom stereocenters. The van der Waals surface area contributed by atoms with Gasteiger partial charge in [0, 0.05) is 22.9 Å². The van der Waals surface area contributed by atoms with Gasteiger partial charge in [-0.3, -0.25) is 14.4 Å². The van der Waals surface area contributed by atoms with E-state index in [1.54, 1.807) is 17.2 Å². The summed E-state index contributed by atoms with van der Waals surface area (Å²) < 4.78 is 13.8. The molecule has 3 amide bonds. The van der Waals surface area contributed by atoms with E-state index in [0.717, 1.165) is 16.7 Å². The number of carbonyl (C=O) groups excluding carboxylic acids is 3. The average Bonchev–Trinajstić information content (AvgIpc) is 3.41. The van der Waals surface area contributed by atoms with Crippen LogP contribution < -0.4 is 10.6 Å². The number of nitrogens with zero attached hydrogens (tertiary/aromatic N) is 2. The molecule has 0 bridgehead atoms. The fourth-order valence-electron chi connectivity index (χ4n) is 6.24. The number of aromatic nitrogens is 1. The Bertz CT molecular complexity index is 1540. The zero-order chi connectivity index (χ0) is 27.5. The first kappa shape index (κ1) is 25.5. The zero-order valence-corrected chi connectivity index (χ0v) is 22.4. The van der Waals surface area contributed by atoms with Crippen molar-refractivity contribution >= 4 is 40.8 Å². The first-order valence-electron chi connectivity index (χ1n) is 13.0. The third-order valence-electron chi connectivity index (χ3n) is 8.37. The van der Waals surface area contributed by atoms with Crippen LogP contribution in [0.15, 0.2) is 54.7 Å². The fraction of sp³-hybridized carbons (Fsp3) is 0.333. The summed E-state index contributed by atoms with van der Waals surface area (Å²) in [6.07, 6.45) is 4.02. The normalized spacial score (nSPS) is 23.0. The third kappa shape index (κ3) is 4.27. The van der Waals surface area contributed by atoms with E-state index in [9.17, 15) is 18.8 Å². The Kier molecular flexibility index (Phi) is 5.99. The van der Waals surface area contributed by atoms with Crippen LogP contribution in [0.4, 0.5) is 15.9 Å². The molecule has 1 aliphatic carbocycles. The maximum absolute atomic E-state index is 13.8. The molecule has 2 aromatic carbocycles. The second-order valence-electron chi connectivity index (χ2n) is 11.4. The minimum atomic E-state index is -0.690. The van der Waals surface area contributed by atoms with Crippen molar-refractivity contribution < 1.29 is 18.8 Å². The highest BCUT2D eigenvalue weighted by molar-refractivity contribution is 6.30. The van der Waals surface area contributed by atoms with Gasteiger partial charge >= 0.3 is 0 Å². The van der Waals surface area contributed by atoms with Crippen molar-refractivity contribution in [2.24, 2.45) is 5.41 Å². The summed E-state index contributed by atoms with van der Waals surface area (Å²) in [5, 5.41) is 5.83. The van der Waals surface area contributed by atoms with Gasteiger partial charge in [0.1, 0.15) is 18.2 Å². The minimum Gasteiger partial charge on any atom is -0.326 e. The summed E-state index contributed by atoms with van der Waals surface area (Å²) in [5.74, 6) is -0.448. The van der Waals surface area contributed by atoms with Crippen LogP contribution >= 0.6 is 11.6 Å². The van der Waals surface area contributed by atoms with E-state index in [1.165, 1.54) is 12.1 Å². The number of hydrogen-bond donors (Lipinski definition) is 2. The van der Waals surface area contributed by atoms with Gasteiger partial charge in [0.2, 0.25) is 17.7 Å². The summed E-state index contributed by atoms with van der Waals surface area (Å²) in [6.45, 7) is 3.60. The third-order valence-corrected chi connectivity index (χ3v) is 8.66. The Labute approximate surface area is 230 Å². The lowest BCUT2D eigenvalue weighted by Crippen LogP contribution is -2.50. The van der Waals surface area contributed by atoms with Gasteiger partial charge in [-0.25, -0.2) is 9.37 Å². The first-order valence-corrected chi connectivity index (χ1v) is 13.4. The Hall–Kier alpha value is -3.78. The largest absolute Gasteiger partial charge is 0.326 e. The van der Waals surface area contributed by atoms with E-state index in [1.807, 2.05) is 44.2 Å². The van der Waals surface area contributed by atoms with Gasteiger partial charge in [0.15, 0.2) is 0 Å². The molecule has 3 heterocycles. The van der Waals surface area contributed by atoms with Crippen molar-refractivity contribution in [3.63, 3.8) is 0 Å². The molecule has 6 rings (SSSR count). The summed E-state index contributed by atoms with van der Waals surface area (Å²) in [4.78, 5) is 45.5. The van der Waals surface area contributed by atoms with Crippen molar-refractivity contribution in [1.82, 2.24) is 9.88 Å². The first-order chi connectivity index (χ1) is 18.6. The predicted molar refractivity (Wildman–Crippen MR) is 146 cm³/mol. The zero-order valence-electron chi connectivity index (χ0n) is 21.7. The predicted octanol–water partition coefficient (Wildman–Crippen LogP) is 5.19. The van der Waals surface area contributed by atoms with Crippen LogP contribution in [0, 0.1) is 11.2 Å². The quantitative estimate of drug-likeness (QED) is 0.471. The molecule has 1 spiro atoms. The van der Waals surface area contributed by atoms with E-state index in [0.29, 0.717) is 42.8 Å². The van der Waals surface area contributed by atoms with Gasteiger partial charge in [-0.15, -0.1) is 0 Å². The van der Waals surface area contributed by atoms with Crippen molar-refractivity contribution in [1.29, 1.82) is 0 Å². The number of pyridine rings is 1. The number of fused-ring (bicyclic) bond motifs is 3. The molecular formula is C30H28ClFN4O3. The molecule has 200 valence electrons. The van der Waals surface area contributed by atoms with Gasteiger partial charge in [-0.1, -0.05) is 43.6 Å². The Morgan fingerprint density at radius 1 is 1.15 bits per heavy atom. The molecule has 39 heavy (non-hydrogen) atoms. The molecule has 3 aromatic rings. The fourth-order valence-corrected chi connectivity index (χ4v) is 6.43. The SMILES string of the molecule is CC1(C)CCC(c2ccc(F)c(Cl)c2)N(CC(=O)Nc2ccc3c(c2)CC2(C3)C(=O)Nc3ncccc32)C1=O. The van der Waals surface area contributed by atoms with Crippen molar-refractivity contribution in [2.75, 3.05) is 17.2 Å². The lowest BCUT2D eigenvalue weighted by atomic mass is 9.78. The van der Waals surface area contributed by atoms with Crippen LogP contribution in [0.1, 0.15) is 55.0 Å². The molecule has 1 fully saturated rings. The highest BCUT2D eigenvalue weighted by Gasteiger charge is 2.51. The molecule has 1 saturated heterocycles. The summed E-state index contributed by atoms with van der Waals surface area (Å²) in [7, 11) is 0. The molecule has 9 heteroatoms. The number of nitrogens with one attached hydrogen (secondary N) is 2. The van der Waals surface area contributed by atoms with Crippen molar-refractivity contribution in [3.8, 4) is 0 Å². The number of amides is 3. The molecule has 0 saturated carbocycles. The minimum absolute atomic E-state index is 0.0144. The standard InChI is InChI=1S/C30H28ClFN4O3/c1-29(2)10-9-24(17-6-8-23(32)22(31)13-17)36(28(29)39)16-25(37)34-20-7-5-18-14-30(15-19(18)12-20)21-4-3-11-33-26(21)35-27(30)38/h3-8,11-13,24H,9-10,14-16H2,1-2H3,(H,34,37)(H,33,35,38). The maximum Gasteiger partial charge on any atom is 0.244 e. The number of likely N-dealkylation sites (tertiary alicyclic amines) is 1. The second kappa shape index (κ2) is 9.16. The number of anilines is 2. The Balaban J connectivity index is 1.21. The Morgan fingerprint density at radius 2 is 1.95 bits per heavy atom. The van der Waals surface area contributed by atoms with Crippen molar-refractivity contribution in [3.05, 3.63) is 87.8 Å². The lowest BCUT2D eigenvalue weighted by molar-refractivity contribution is -0.150. The molecule has 7 nitrogen and oxygen atoms in total. The molecule has 2 N–H and O–H groups in total. The smallest absolute Gasteiger partial charge is 0.244 e. The number of piperidine rings is 1. The lowest BCUT2D eigenvalue weighted by Gasteiger charge is -2.43. The van der Waals surface area contributed by atoms with Gasteiger partial charge < -0.3 is 15.5 Å². The van der Waals surface area contributed by atoms with Crippen LogP contribution in [0.3, 0.4) is 0 Å². The van der Waals surface area contributed by atoms with Gasteiger partial charge in [-0.05, 0) is 72.7 Å². The molecule has 1 aromatic heterocycles. The maximum atomic E-state index is 13.8.